The first-order valence-electron chi connectivity index (χ1n) is 8.15. The van der Waals surface area contributed by atoms with Gasteiger partial charge >= 0.3 is 0 Å². The summed E-state index contributed by atoms with van der Waals surface area (Å²) in [5.41, 5.74) is 6.40. The SMILES string of the molecule is c1ccc(Nc2c3c(nc4ccccc24)C2CCC3C2)cc1. The fraction of sp³-hybridized carbons (Fsp3) is 0.250. The van der Waals surface area contributed by atoms with Crippen LogP contribution < -0.4 is 5.32 Å². The molecule has 5 rings (SSSR count). The molecule has 1 heterocycles. The summed E-state index contributed by atoms with van der Waals surface area (Å²) in [7, 11) is 0. The molecule has 1 fully saturated rings. The van der Waals surface area contributed by atoms with Crippen LogP contribution in [0.2, 0.25) is 0 Å². The molecule has 3 aromatic rings. The van der Waals surface area contributed by atoms with Crippen molar-refractivity contribution in [2.24, 2.45) is 0 Å². The second kappa shape index (κ2) is 4.57. The van der Waals surface area contributed by atoms with E-state index in [-0.39, 0.29) is 0 Å². The van der Waals surface area contributed by atoms with Crippen molar-refractivity contribution >= 4 is 22.3 Å². The van der Waals surface area contributed by atoms with Gasteiger partial charge in [0.2, 0.25) is 0 Å². The van der Waals surface area contributed by atoms with E-state index in [0.717, 1.165) is 11.2 Å². The lowest BCUT2D eigenvalue weighted by molar-refractivity contribution is 0.702. The largest absolute Gasteiger partial charge is 0.355 e. The minimum atomic E-state index is 0.681. The number of pyridine rings is 1. The average Bonchev–Trinajstić information content (AvgIpc) is 3.17. The summed E-state index contributed by atoms with van der Waals surface area (Å²) < 4.78 is 0. The van der Waals surface area contributed by atoms with Crippen LogP contribution in [0.25, 0.3) is 10.9 Å². The zero-order chi connectivity index (χ0) is 14.5. The van der Waals surface area contributed by atoms with Gasteiger partial charge in [0.05, 0.1) is 11.2 Å². The van der Waals surface area contributed by atoms with Crippen molar-refractivity contribution in [1.29, 1.82) is 0 Å². The number of anilines is 2. The zero-order valence-corrected chi connectivity index (χ0v) is 12.4. The Kier molecular flexibility index (Phi) is 2.54. The third-order valence-electron chi connectivity index (χ3n) is 5.23. The van der Waals surface area contributed by atoms with Crippen LogP contribution in [-0.2, 0) is 0 Å². The van der Waals surface area contributed by atoms with E-state index in [1.807, 2.05) is 0 Å². The van der Waals surface area contributed by atoms with Crippen molar-refractivity contribution in [3.63, 3.8) is 0 Å². The van der Waals surface area contributed by atoms with Gasteiger partial charge in [0.15, 0.2) is 0 Å². The fourth-order valence-electron chi connectivity index (χ4n) is 4.26. The van der Waals surface area contributed by atoms with Gasteiger partial charge in [-0.3, -0.25) is 4.98 Å². The molecule has 2 aliphatic rings. The van der Waals surface area contributed by atoms with Crippen LogP contribution >= 0.6 is 0 Å². The highest BCUT2D eigenvalue weighted by molar-refractivity contribution is 5.96. The third kappa shape index (κ3) is 1.70. The quantitative estimate of drug-likeness (QED) is 0.687. The maximum absolute atomic E-state index is 5.00. The van der Waals surface area contributed by atoms with Crippen molar-refractivity contribution in [3.05, 3.63) is 65.9 Å². The fourth-order valence-corrected chi connectivity index (χ4v) is 4.26. The average molecular weight is 286 g/mol. The molecule has 0 radical (unpaired) electrons. The summed E-state index contributed by atoms with van der Waals surface area (Å²) >= 11 is 0. The highest BCUT2D eigenvalue weighted by atomic mass is 14.9. The Labute approximate surface area is 130 Å². The molecule has 1 saturated carbocycles. The molecule has 0 amide bonds. The number of fused-ring (bicyclic) bond motifs is 6. The molecule has 0 spiro atoms. The van der Waals surface area contributed by atoms with Gasteiger partial charge in [-0.1, -0.05) is 36.4 Å². The molecular formula is C20H18N2. The van der Waals surface area contributed by atoms with Crippen LogP contribution in [0.4, 0.5) is 11.4 Å². The third-order valence-corrected chi connectivity index (χ3v) is 5.23. The number of nitrogens with zero attached hydrogens (tertiary/aromatic N) is 1. The lowest BCUT2D eigenvalue weighted by Gasteiger charge is -2.21. The standard InChI is InChI=1S/C20H18N2/c1-2-6-15(7-3-1)21-20-16-8-4-5-9-17(16)22-19-14-11-10-13(12-14)18(19)20/h1-9,13-14H,10-12H2,(H,21,22). The van der Waals surface area contributed by atoms with Gasteiger partial charge in [-0.15, -0.1) is 0 Å². The van der Waals surface area contributed by atoms with E-state index >= 15 is 0 Å². The van der Waals surface area contributed by atoms with Gasteiger partial charge < -0.3 is 5.32 Å². The van der Waals surface area contributed by atoms with Crippen LogP contribution in [0.15, 0.2) is 54.6 Å². The molecule has 2 unspecified atom stereocenters. The molecule has 108 valence electrons. The van der Waals surface area contributed by atoms with Crippen LogP contribution in [0, 0.1) is 0 Å². The van der Waals surface area contributed by atoms with Crippen molar-refractivity contribution in [2.75, 3.05) is 5.32 Å². The monoisotopic (exact) mass is 286 g/mol. The number of hydrogen-bond acceptors (Lipinski definition) is 2. The lowest BCUT2D eigenvalue weighted by Crippen LogP contribution is -2.06. The number of aromatic nitrogens is 1. The maximum Gasteiger partial charge on any atom is 0.0726 e. The Morgan fingerprint density at radius 2 is 1.64 bits per heavy atom. The van der Waals surface area contributed by atoms with Gasteiger partial charge in [0.25, 0.3) is 0 Å². The van der Waals surface area contributed by atoms with Gasteiger partial charge in [0, 0.05) is 28.2 Å². The van der Waals surface area contributed by atoms with Gasteiger partial charge in [-0.05, 0) is 43.4 Å². The smallest absolute Gasteiger partial charge is 0.0726 e. The Morgan fingerprint density at radius 1 is 0.864 bits per heavy atom. The number of benzene rings is 2. The molecule has 2 nitrogen and oxygen atoms in total. The predicted molar refractivity (Wildman–Crippen MR) is 90.8 cm³/mol. The molecule has 0 saturated heterocycles. The molecule has 22 heavy (non-hydrogen) atoms. The van der Waals surface area contributed by atoms with Gasteiger partial charge in [-0.25, -0.2) is 0 Å². The first kappa shape index (κ1) is 12.2. The highest BCUT2D eigenvalue weighted by Crippen LogP contribution is 2.56. The molecule has 2 heteroatoms. The van der Waals surface area contributed by atoms with Crippen molar-refractivity contribution < 1.29 is 0 Å². The number of nitrogens with one attached hydrogen (secondary N) is 1. The first-order valence-corrected chi connectivity index (χ1v) is 8.15. The summed E-state index contributed by atoms with van der Waals surface area (Å²) in [4.78, 5) is 5.00. The molecule has 2 bridgehead atoms. The van der Waals surface area contributed by atoms with E-state index in [1.165, 1.54) is 41.6 Å². The van der Waals surface area contributed by atoms with Gasteiger partial charge in [-0.2, -0.15) is 0 Å². The first-order chi connectivity index (χ1) is 10.9. The van der Waals surface area contributed by atoms with Crippen LogP contribution in [-0.4, -0.2) is 4.98 Å². The van der Waals surface area contributed by atoms with Crippen LogP contribution in [0.1, 0.15) is 42.4 Å². The molecule has 1 aromatic heterocycles. The van der Waals surface area contributed by atoms with E-state index in [1.54, 1.807) is 0 Å². The highest BCUT2D eigenvalue weighted by Gasteiger charge is 2.40. The Morgan fingerprint density at radius 3 is 2.55 bits per heavy atom. The molecular weight excluding hydrogens is 268 g/mol. The maximum atomic E-state index is 5.00. The molecule has 0 aliphatic heterocycles. The summed E-state index contributed by atoms with van der Waals surface area (Å²) in [6.45, 7) is 0. The van der Waals surface area contributed by atoms with Crippen molar-refractivity contribution in [2.45, 2.75) is 31.1 Å². The van der Waals surface area contributed by atoms with E-state index < -0.39 is 0 Å². The van der Waals surface area contributed by atoms with E-state index in [4.69, 9.17) is 4.98 Å². The van der Waals surface area contributed by atoms with Crippen molar-refractivity contribution in [1.82, 2.24) is 4.98 Å². The second-order valence-corrected chi connectivity index (χ2v) is 6.50. The summed E-state index contributed by atoms with van der Waals surface area (Å²) in [6.07, 6.45) is 3.93. The Bertz CT molecular complexity index is 854. The van der Waals surface area contributed by atoms with Crippen molar-refractivity contribution in [3.8, 4) is 0 Å². The number of hydrogen-bond donors (Lipinski definition) is 1. The van der Waals surface area contributed by atoms with E-state index in [9.17, 15) is 0 Å². The minimum Gasteiger partial charge on any atom is -0.355 e. The summed E-state index contributed by atoms with van der Waals surface area (Å²) in [5, 5.41) is 4.94. The van der Waals surface area contributed by atoms with Crippen LogP contribution in [0.5, 0.6) is 0 Å². The Balaban J connectivity index is 1.76. The van der Waals surface area contributed by atoms with E-state index in [0.29, 0.717) is 11.8 Å². The summed E-state index contributed by atoms with van der Waals surface area (Å²) in [6, 6.07) is 19.0. The predicted octanol–water partition coefficient (Wildman–Crippen LogP) is 5.34. The van der Waals surface area contributed by atoms with E-state index in [2.05, 4.69) is 59.9 Å². The normalized spacial score (nSPS) is 22.0. The molecule has 2 aromatic carbocycles. The lowest BCUT2D eigenvalue weighted by atomic mass is 9.92. The van der Waals surface area contributed by atoms with Crippen LogP contribution in [0.3, 0.4) is 0 Å². The molecule has 1 N–H and O–H groups in total. The summed E-state index contributed by atoms with van der Waals surface area (Å²) in [5.74, 6) is 1.38. The molecule has 2 aliphatic carbocycles. The minimum absolute atomic E-state index is 0.681. The topological polar surface area (TPSA) is 24.9 Å². The zero-order valence-electron chi connectivity index (χ0n) is 12.4. The van der Waals surface area contributed by atoms with Gasteiger partial charge in [0.1, 0.15) is 0 Å². The number of rotatable bonds is 2. The number of para-hydroxylation sites is 2. The second-order valence-electron chi connectivity index (χ2n) is 6.50. The molecule has 2 atom stereocenters. The Hall–Kier alpha value is -2.35.